The molecule has 6 nitrogen and oxygen atoms in total. The molecule has 0 spiro atoms. The zero-order valence-electron chi connectivity index (χ0n) is 14.4. The number of halogens is 2. The molecule has 140 valence electrons. The van der Waals surface area contributed by atoms with Crippen molar-refractivity contribution in [3.8, 4) is 0 Å². The lowest BCUT2D eigenvalue weighted by Crippen LogP contribution is -2.46. The van der Waals surface area contributed by atoms with Crippen LogP contribution < -0.4 is 5.32 Å². The molecule has 2 rings (SSSR count). The molecule has 9 heteroatoms. The molecular weight excluding hydrogens is 444 g/mol. The van der Waals surface area contributed by atoms with Gasteiger partial charge in [0, 0.05) is 13.0 Å². The summed E-state index contributed by atoms with van der Waals surface area (Å²) in [5, 5.41) is 13.5. The summed E-state index contributed by atoms with van der Waals surface area (Å²) in [6.07, 6.45) is -0.682. The van der Waals surface area contributed by atoms with Gasteiger partial charge in [0.15, 0.2) is 0 Å². The Morgan fingerprint density at radius 1 is 1.42 bits per heavy atom. The van der Waals surface area contributed by atoms with Gasteiger partial charge in [-0.15, -0.1) is 0 Å². The maximum Gasteiger partial charge on any atom is 0.417 e. The first-order valence-electron chi connectivity index (χ1n) is 7.73. The predicted octanol–water partition coefficient (Wildman–Crippen LogP) is 4.82. The number of hydrogen-bond acceptors (Lipinski definition) is 5. The van der Waals surface area contributed by atoms with E-state index in [4.69, 9.17) is 28.6 Å². The van der Waals surface area contributed by atoms with Crippen molar-refractivity contribution in [3.05, 3.63) is 39.0 Å². The maximum atomic E-state index is 12.7. The fourth-order valence-electron chi connectivity index (χ4n) is 2.21. The van der Waals surface area contributed by atoms with Gasteiger partial charge in [-0.1, -0.05) is 29.9 Å². The zero-order valence-corrected chi connectivity index (χ0v) is 17.6. The molecule has 0 radical (unpaired) electrons. The van der Waals surface area contributed by atoms with Gasteiger partial charge < -0.3 is 15.2 Å². The molecule has 0 atom stereocenters. The number of thiocarbonyl (C=S) groups is 1. The van der Waals surface area contributed by atoms with Gasteiger partial charge in [-0.05, 0) is 48.8 Å². The highest BCUT2D eigenvalue weighted by atomic mass is 79.9. The van der Waals surface area contributed by atoms with E-state index >= 15 is 0 Å². The van der Waals surface area contributed by atoms with Gasteiger partial charge in [0.1, 0.15) is 21.9 Å². The minimum absolute atomic E-state index is 0.0104. The Morgan fingerprint density at radius 2 is 2.08 bits per heavy atom. The van der Waals surface area contributed by atoms with Crippen molar-refractivity contribution in [2.75, 3.05) is 11.9 Å². The standard InChI is InChI=1S/C17H18BrClN2O4S/c1-17(2,3)25-16(24)21-8-7-11(22)12(15(21)23)14(26)20-10-6-4-5-9(19)13(10)18/h4-6,22H,7-8H2,1-3H3,(H,20,26). The molecule has 1 heterocycles. The Labute approximate surface area is 170 Å². The maximum absolute atomic E-state index is 12.7. The monoisotopic (exact) mass is 460 g/mol. The van der Waals surface area contributed by atoms with Crippen LogP contribution in [0.15, 0.2) is 34.0 Å². The molecule has 0 saturated carbocycles. The number of nitrogens with one attached hydrogen (secondary N) is 1. The molecule has 1 aliphatic heterocycles. The zero-order chi connectivity index (χ0) is 19.6. The number of hydrogen-bond donors (Lipinski definition) is 2. The van der Waals surface area contributed by atoms with Crippen molar-refractivity contribution in [1.82, 2.24) is 4.90 Å². The largest absolute Gasteiger partial charge is 0.511 e. The summed E-state index contributed by atoms with van der Waals surface area (Å²) in [6, 6.07) is 5.10. The van der Waals surface area contributed by atoms with E-state index in [2.05, 4.69) is 21.2 Å². The number of aliphatic hydroxyl groups excluding tert-OH is 1. The number of rotatable bonds is 2. The Kier molecular flexibility index (Phi) is 6.31. The molecule has 1 aromatic rings. The average Bonchev–Trinajstić information content (AvgIpc) is 2.50. The molecule has 0 bridgehead atoms. The fraction of sp³-hybridized carbons (Fsp3) is 0.353. The minimum Gasteiger partial charge on any atom is -0.511 e. The number of aliphatic hydroxyl groups is 1. The van der Waals surface area contributed by atoms with E-state index in [0.29, 0.717) is 15.2 Å². The number of ether oxygens (including phenoxy) is 1. The molecule has 2 amide bonds. The van der Waals surface area contributed by atoms with Gasteiger partial charge >= 0.3 is 6.09 Å². The van der Waals surface area contributed by atoms with E-state index in [0.717, 1.165) is 4.90 Å². The highest BCUT2D eigenvalue weighted by molar-refractivity contribution is 9.10. The van der Waals surface area contributed by atoms with Gasteiger partial charge in [-0.3, -0.25) is 4.79 Å². The summed E-state index contributed by atoms with van der Waals surface area (Å²) >= 11 is 14.6. The second-order valence-corrected chi connectivity index (χ2v) is 8.17. The minimum atomic E-state index is -0.778. The third kappa shape index (κ3) is 4.75. The topological polar surface area (TPSA) is 78.9 Å². The van der Waals surface area contributed by atoms with Gasteiger partial charge in [-0.25, -0.2) is 9.69 Å². The number of anilines is 1. The SMILES string of the molecule is CC(C)(C)OC(=O)N1CCC(O)=C(C(=S)Nc2cccc(Cl)c2Br)C1=O. The molecule has 0 aliphatic carbocycles. The van der Waals surface area contributed by atoms with Crippen LogP contribution in [0, 0.1) is 0 Å². The van der Waals surface area contributed by atoms with Crippen LogP contribution in [0.1, 0.15) is 27.2 Å². The van der Waals surface area contributed by atoms with Crippen LogP contribution >= 0.6 is 39.7 Å². The number of benzene rings is 1. The van der Waals surface area contributed by atoms with Gasteiger partial charge in [0.05, 0.1) is 15.2 Å². The number of amides is 2. The van der Waals surface area contributed by atoms with Crippen molar-refractivity contribution < 1.29 is 19.4 Å². The highest BCUT2D eigenvalue weighted by Gasteiger charge is 2.36. The smallest absolute Gasteiger partial charge is 0.417 e. The van der Waals surface area contributed by atoms with Gasteiger partial charge in [0.2, 0.25) is 0 Å². The van der Waals surface area contributed by atoms with Crippen molar-refractivity contribution in [1.29, 1.82) is 0 Å². The van der Waals surface area contributed by atoms with E-state index in [1.165, 1.54) is 0 Å². The molecule has 0 aromatic heterocycles. The molecule has 26 heavy (non-hydrogen) atoms. The third-order valence-corrected chi connectivity index (χ3v) is 5.06. The van der Waals surface area contributed by atoms with Gasteiger partial charge in [0.25, 0.3) is 5.91 Å². The summed E-state index contributed by atoms with van der Waals surface area (Å²) < 4.78 is 5.80. The van der Waals surface area contributed by atoms with E-state index in [1.54, 1.807) is 39.0 Å². The Bertz CT molecular complexity index is 804. The lowest BCUT2D eigenvalue weighted by molar-refractivity contribution is -0.126. The number of carbonyl (C=O) groups excluding carboxylic acids is 2. The lowest BCUT2D eigenvalue weighted by atomic mass is 10.1. The number of imide groups is 1. The molecule has 1 aromatic carbocycles. The first kappa shape index (κ1) is 20.7. The van der Waals surface area contributed by atoms with Crippen molar-refractivity contribution in [3.63, 3.8) is 0 Å². The van der Waals surface area contributed by atoms with Crippen LogP contribution in [0.3, 0.4) is 0 Å². The normalized spacial score (nSPS) is 15.1. The Morgan fingerprint density at radius 3 is 2.69 bits per heavy atom. The summed E-state index contributed by atoms with van der Waals surface area (Å²) in [5.74, 6) is -0.885. The van der Waals surface area contributed by atoms with Crippen LogP contribution in [0.2, 0.25) is 5.02 Å². The van der Waals surface area contributed by atoms with E-state index < -0.39 is 17.6 Å². The average molecular weight is 462 g/mol. The van der Waals surface area contributed by atoms with Gasteiger partial charge in [-0.2, -0.15) is 0 Å². The second-order valence-electron chi connectivity index (χ2n) is 6.56. The summed E-state index contributed by atoms with van der Waals surface area (Å²) in [5.41, 5.74) is -0.348. The van der Waals surface area contributed by atoms with E-state index in [9.17, 15) is 14.7 Å². The summed E-state index contributed by atoms with van der Waals surface area (Å²) in [4.78, 5) is 25.9. The predicted molar refractivity (Wildman–Crippen MR) is 108 cm³/mol. The Hall–Kier alpha value is -1.64. The molecule has 0 unspecified atom stereocenters. The van der Waals surface area contributed by atoms with Crippen molar-refractivity contribution in [2.24, 2.45) is 0 Å². The Balaban J connectivity index is 2.24. The first-order chi connectivity index (χ1) is 12.0. The number of carbonyl (C=O) groups is 2. The first-order valence-corrected chi connectivity index (χ1v) is 9.31. The van der Waals surface area contributed by atoms with Crippen LogP contribution in [-0.2, 0) is 9.53 Å². The van der Waals surface area contributed by atoms with Crippen LogP contribution in [-0.4, -0.2) is 39.1 Å². The van der Waals surface area contributed by atoms with Crippen LogP contribution in [0.4, 0.5) is 10.5 Å². The number of nitrogens with zero attached hydrogens (tertiary/aromatic N) is 1. The van der Waals surface area contributed by atoms with Crippen LogP contribution in [0.5, 0.6) is 0 Å². The summed E-state index contributed by atoms with van der Waals surface area (Å²) in [6.45, 7) is 5.13. The van der Waals surface area contributed by atoms with Crippen molar-refractivity contribution in [2.45, 2.75) is 32.8 Å². The van der Waals surface area contributed by atoms with Crippen molar-refractivity contribution >= 4 is 62.4 Å². The fourth-order valence-corrected chi connectivity index (χ4v) is 3.06. The lowest BCUT2D eigenvalue weighted by Gasteiger charge is -2.29. The van der Waals surface area contributed by atoms with E-state index in [-0.39, 0.29) is 29.3 Å². The third-order valence-electron chi connectivity index (χ3n) is 3.36. The second kappa shape index (κ2) is 7.94. The molecule has 2 N–H and O–H groups in total. The van der Waals surface area contributed by atoms with Crippen LogP contribution in [0.25, 0.3) is 0 Å². The molecule has 1 aliphatic rings. The molecule has 0 fully saturated rings. The van der Waals surface area contributed by atoms with E-state index in [1.807, 2.05) is 0 Å². The quantitative estimate of drug-likeness (QED) is 0.615. The molecule has 0 saturated heterocycles. The highest BCUT2D eigenvalue weighted by Crippen LogP contribution is 2.31. The molecular formula is C17H18BrClN2O4S. The summed E-state index contributed by atoms with van der Waals surface area (Å²) in [7, 11) is 0.